The van der Waals surface area contributed by atoms with Crippen LogP contribution in [0.15, 0.2) is 4.99 Å². The standard InChI is InChI=1S/C17H30N6O/c1-12-16(13(2)22(4)21-12)9-20-17(18-3)19-8-15-10-23-7-5-6-14(23)11-24-15/h14-15H,5-11H2,1-4H3,(H2,18,19,20). The molecule has 0 bridgehead atoms. The van der Waals surface area contributed by atoms with Crippen LogP contribution < -0.4 is 10.6 Å². The Morgan fingerprint density at radius 3 is 2.92 bits per heavy atom. The molecule has 24 heavy (non-hydrogen) atoms. The van der Waals surface area contributed by atoms with E-state index in [0.29, 0.717) is 6.04 Å². The number of hydrogen-bond donors (Lipinski definition) is 2. The van der Waals surface area contributed by atoms with E-state index in [1.807, 2.05) is 18.7 Å². The normalized spacial score (nSPS) is 24.9. The van der Waals surface area contributed by atoms with Crippen molar-refractivity contribution >= 4 is 5.96 Å². The molecule has 2 unspecified atom stereocenters. The molecule has 2 fully saturated rings. The molecule has 0 radical (unpaired) electrons. The van der Waals surface area contributed by atoms with Gasteiger partial charge in [0, 0.05) is 51.0 Å². The van der Waals surface area contributed by atoms with E-state index in [9.17, 15) is 0 Å². The van der Waals surface area contributed by atoms with Crippen LogP contribution in [0.25, 0.3) is 0 Å². The molecule has 0 saturated carbocycles. The van der Waals surface area contributed by atoms with Crippen LogP contribution in [0.4, 0.5) is 0 Å². The lowest BCUT2D eigenvalue weighted by atomic mass is 10.2. The number of nitrogens with zero attached hydrogens (tertiary/aromatic N) is 4. The van der Waals surface area contributed by atoms with E-state index in [1.54, 1.807) is 7.05 Å². The fourth-order valence-corrected chi connectivity index (χ4v) is 3.69. The minimum Gasteiger partial charge on any atom is -0.373 e. The molecule has 2 saturated heterocycles. The molecule has 1 aromatic rings. The van der Waals surface area contributed by atoms with Crippen LogP contribution in [0.3, 0.4) is 0 Å². The third kappa shape index (κ3) is 3.72. The summed E-state index contributed by atoms with van der Waals surface area (Å²) in [6, 6.07) is 0.648. The number of fused-ring (bicyclic) bond motifs is 1. The number of aryl methyl sites for hydroxylation is 2. The van der Waals surface area contributed by atoms with Gasteiger partial charge in [0.2, 0.25) is 0 Å². The maximum atomic E-state index is 5.99. The van der Waals surface area contributed by atoms with E-state index in [2.05, 4.69) is 32.5 Å². The van der Waals surface area contributed by atoms with Crippen LogP contribution in [0.1, 0.15) is 29.8 Å². The molecule has 3 rings (SSSR count). The first-order valence-electron chi connectivity index (χ1n) is 8.87. The van der Waals surface area contributed by atoms with Gasteiger partial charge in [0.1, 0.15) is 0 Å². The number of aromatic nitrogens is 2. The molecule has 1 aromatic heterocycles. The van der Waals surface area contributed by atoms with Crippen molar-refractivity contribution in [2.24, 2.45) is 12.0 Å². The monoisotopic (exact) mass is 334 g/mol. The zero-order valence-electron chi connectivity index (χ0n) is 15.3. The highest BCUT2D eigenvalue weighted by molar-refractivity contribution is 5.79. The Labute approximate surface area is 144 Å². The van der Waals surface area contributed by atoms with Gasteiger partial charge in [-0.05, 0) is 33.2 Å². The average Bonchev–Trinajstić information content (AvgIpc) is 3.13. The van der Waals surface area contributed by atoms with Crippen LogP contribution in [0, 0.1) is 13.8 Å². The summed E-state index contributed by atoms with van der Waals surface area (Å²) < 4.78 is 7.91. The molecule has 0 amide bonds. The number of morpholine rings is 1. The minimum atomic E-state index is 0.236. The number of rotatable bonds is 4. The Kier molecular flexibility index (Phi) is 5.40. The van der Waals surface area contributed by atoms with Gasteiger partial charge in [-0.15, -0.1) is 0 Å². The maximum Gasteiger partial charge on any atom is 0.191 e. The predicted octanol–water partition coefficient (Wildman–Crippen LogP) is 0.565. The number of hydrogen-bond acceptors (Lipinski definition) is 4. The lowest BCUT2D eigenvalue weighted by Crippen LogP contribution is -2.51. The third-order valence-electron chi connectivity index (χ3n) is 5.27. The van der Waals surface area contributed by atoms with Crippen LogP contribution in [-0.4, -0.2) is 66.1 Å². The van der Waals surface area contributed by atoms with Gasteiger partial charge in [0.05, 0.1) is 18.4 Å². The molecule has 3 heterocycles. The molecule has 7 heteroatoms. The smallest absolute Gasteiger partial charge is 0.191 e. The fourth-order valence-electron chi connectivity index (χ4n) is 3.69. The first-order valence-corrected chi connectivity index (χ1v) is 8.87. The first kappa shape index (κ1) is 17.2. The van der Waals surface area contributed by atoms with Crippen molar-refractivity contribution in [1.29, 1.82) is 0 Å². The highest BCUT2D eigenvalue weighted by Gasteiger charge is 2.32. The Morgan fingerprint density at radius 2 is 2.21 bits per heavy atom. The van der Waals surface area contributed by atoms with Crippen LogP contribution >= 0.6 is 0 Å². The summed E-state index contributed by atoms with van der Waals surface area (Å²) >= 11 is 0. The Hall–Kier alpha value is -1.60. The second-order valence-electron chi connectivity index (χ2n) is 6.83. The van der Waals surface area contributed by atoms with Crippen LogP contribution in [-0.2, 0) is 18.3 Å². The molecule has 0 spiro atoms. The summed E-state index contributed by atoms with van der Waals surface area (Å²) in [6.45, 7) is 8.76. The van der Waals surface area contributed by atoms with Gasteiger partial charge in [0.25, 0.3) is 0 Å². The largest absolute Gasteiger partial charge is 0.373 e. The second-order valence-corrected chi connectivity index (χ2v) is 6.83. The highest BCUT2D eigenvalue weighted by atomic mass is 16.5. The van der Waals surface area contributed by atoms with Gasteiger partial charge in [-0.2, -0.15) is 5.10 Å². The van der Waals surface area contributed by atoms with Gasteiger partial charge < -0.3 is 15.4 Å². The van der Waals surface area contributed by atoms with E-state index < -0.39 is 0 Å². The van der Waals surface area contributed by atoms with Crippen molar-refractivity contribution < 1.29 is 4.74 Å². The molecule has 2 aliphatic rings. The number of guanidine groups is 1. The zero-order chi connectivity index (χ0) is 17.1. The summed E-state index contributed by atoms with van der Waals surface area (Å²) in [7, 11) is 3.78. The minimum absolute atomic E-state index is 0.236. The fraction of sp³-hybridized carbons (Fsp3) is 0.765. The number of ether oxygens (including phenoxy) is 1. The van der Waals surface area contributed by atoms with Gasteiger partial charge in [0.15, 0.2) is 5.96 Å². The van der Waals surface area contributed by atoms with Crippen molar-refractivity contribution in [3.05, 3.63) is 17.0 Å². The quantitative estimate of drug-likeness (QED) is 0.622. The van der Waals surface area contributed by atoms with Crippen LogP contribution in [0.5, 0.6) is 0 Å². The Bertz CT molecular complexity index is 596. The summed E-state index contributed by atoms with van der Waals surface area (Å²) in [5.41, 5.74) is 3.48. The van der Waals surface area contributed by atoms with E-state index in [4.69, 9.17) is 4.74 Å². The summed E-state index contributed by atoms with van der Waals surface area (Å²) in [5.74, 6) is 0.810. The molecule has 134 valence electrons. The van der Waals surface area contributed by atoms with Crippen molar-refractivity contribution in [3.63, 3.8) is 0 Å². The van der Waals surface area contributed by atoms with Gasteiger partial charge >= 0.3 is 0 Å². The Morgan fingerprint density at radius 1 is 1.38 bits per heavy atom. The van der Waals surface area contributed by atoms with Gasteiger partial charge in [-0.1, -0.05) is 0 Å². The number of nitrogens with one attached hydrogen (secondary N) is 2. The van der Waals surface area contributed by atoms with E-state index >= 15 is 0 Å². The van der Waals surface area contributed by atoms with Gasteiger partial charge in [-0.3, -0.25) is 14.6 Å². The summed E-state index contributed by atoms with van der Waals surface area (Å²) in [4.78, 5) is 6.88. The summed E-state index contributed by atoms with van der Waals surface area (Å²) in [5, 5.41) is 11.2. The Balaban J connectivity index is 1.47. The highest BCUT2D eigenvalue weighted by Crippen LogP contribution is 2.22. The second kappa shape index (κ2) is 7.53. The maximum absolute atomic E-state index is 5.99. The molecular weight excluding hydrogens is 304 g/mol. The zero-order valence-corrected chi connectivity index (χ0v) is 15.3. The van der Waals surface area contributed by atoms with Crippen LogP contribution in [0.2, 0.25) is 0 Å². The topological polar surface area (TPSA) is 66.7 Å². The van der Waals surface area contributed by atoms with Gasteiger partial charge in [-0.25, -0.2) is 0 Å². The van der Waals surface area contributed by atoms with Crippen molar-refractivity contribution in [2.45, 2.75) is 45.4 Å². The molecule has 0 aromatic carbocycles. The molecule has 2 N–H and O–H groups in total. The molecule has 7 nitrogen and oxygen atoms in total. The van der Waals surface area contributed by atoms with Crippen molar-refractivity contribution in [3.8, 4) is 0 Å². The molecular formula is C17H30N6O. The average molecular weight is 334 g/mol. The molecule has 2 atom stereocenters. The molecule has 2 aliphatic heterocycles. The van der Waals surface area contributed by atoms with Crippen molar-refractivity contribution in [1.82, 2.24) is 25.3 Å². The number of aliphatic imine (C=N–C) groups is 1. The predicted molar refractivity (Wildman–Crippen MR) is 95.2 cm³/mol. The lowest BCUT2D eigenvalue weighted by Gasteiger charge is -2.35. The van der Waals surface area contributed by atoms with Crippen molar-refractivity contribution in [2.75, 3.05) is 33.3 Å². The van der Waals surface area contributed by atoms with E-state index in [1.165, 1.54) is 30.6 Å². The summed E-state index contributed by atoms with van der Waals surface area (Å²) in [6.07, 6.45) is 2.83. The van der Waals surface area contributed by atoms with E-state index in [0.717, 1.165) is 37.9 Å². The first-order chi connectivity index (χ1) is 11.6. The molecule has 0 aliphatic carbocycles. The van der Waals surface area contributed by atoms with E-state index in [-0.39, 0.29) is 6.10 Å². The SMILES string of the molecule is CN=C(NCc1c(C)nn(C)c1C)NCC1CN2CCCC2CO1. The third-order valence-corrected chi connectivity index (χ3v) is 5.27. The lowest BCUT2D eigenvalue weighted by molar-refractivity contribution is -0.0453.